The number of carboxylic acid groups (broad SMARTS) is 1. The van der Waals surface area contributed by atoms with Gasteiger partial charge in [-0.3, -0.25) is 4.79 Å². The Hall–Kier alpha value is -0.860. The molecule has 0 radical (unpaired) electrons. The molecule has 9 heteroatoms. The second-order valence-electron chi connectivity index (χ2n) is 4.47. The molecule has 3 N–H and O–H groups in total. The van der Waals surface area contributed by atoms with Crippen LogP contribution in [0.1, 0.15) is 13.3 Å². The highest BCUT2D eigenvalue weighted by atomic mass is 35.5. The predicted molar refractivity (Wildman–Crippen MR) is 74.5 cm³/mol. The minimum absolute atomic E-state index is 0.0280. The first-order valence-electron chi connectivity index (χ1n) is 5.42. The van der Waals surface area contributed by atoms with Gasteiger partial charge >= 0.3 is 5.97 Å². The van der Waals surface area contributed by atoms with Gasteiger partial charge in [-0.1, -0.05) is 23.2 Å². The normalized spacial score (nSPS) is 14.8. The average molecular weight is 342 g/mol. The lowest BCUT2D eigenvalue weighted by molar-refractivity contribution is -0.141. The molecule has 1 aromatic rings. The van der Waals surface area contributed by atoms with E-state index in [2.05, 4.69) is 4.72 Å². The van der Waals surface area contributed by atoms with Gasteiger partial charge < -0.3 is 10.2 Å². The van der Waals surface area contributed by atoms with Crippen molar-refractivity contribution in [2.75, 3.05) is 6.54 Å². The Labute approximate surface area is 126 Å². The van der Waals surface area contributed by atoms with Crippen LogP contribution in [-0.4, -0.2) is 36.7 Å². The first-order chi connectivity index (χ1) is 9.03. The van der Waals surface area contributed by atoms with Crippen molar-refractivity contribution < 1.29 is 23.4 Å². The Morgan fingerprint density at radius 1 is 1.40 bits per heavy atom. The Morgan fingerprint density at radius 3 is 2.55 bits per heavy atom. The molecule has 0 saturated heterocycles. The van der Waals surface area contributed by atoms with Crippen molar-refractivity contribution in [3.63, 3.8) is 0 Å². The predicted octanol–water partition coefficient (Wildman–Crippen LogP) is 1.50. The summed E-state index contributed by atoms with van der Waals surface area (Å²) in [5.41, 5.74) is -1.72. The standard InChI is InChI=1S/C11H13Cl2NO5S/c1-11(17,5-10(15)16)6-14-20(18,19)9-4-7(12)2-3-8(9)13/h2-4,14,17H,5-6H2,1H3,(H,15,16). The molecule has 1 unspecified atom stereocenters. The highest BCUT2D eigenvalue weighted by molar-refractivity contribution is 7.89. The average Bonchev–Trinajstić information content (AvgIpc) is 2.28. The molecule has 0 aromatic heterocycles. The molecule has 1 atom stereocenters. The Bertz CT molecular complexity index is 615. The molecule has 1 aromatic carbocycles. The van der Waals surface area contributed by atoms with E-state index in [0.29, 0.717) is 0 Å². The first-order valence-corrected chi connectivity index (χ1v) is 7.66. The molecule has 0 saturated carbocycles. The molecule has 0 amide bonds. The van der Waals surface area contributed by atoms with Gasteiger partial charge in [0.1, 0.15) is 4.90 Å². The zero-order chi connectivity index (χ0) is 15.6. The smallest absolute Gasteiger partial charge is 0.306 e. The van der Waals surface area contributed by atoms with Crippen LogP contribution in [-0.2, 0) is 14.8 Å². The third kappa shape index (κ3) is 4.92. The third-order valence-corrected chi connectivity index (χ3v) is 4.48. The lowest BCUT2D eigenvalue weighted by Gasteiger charge is -2.21. The molecular weight excluding hydrogens is 329 g/mol. The quantitative estimate of drug-likeness (QED) is 0.727. The van der Waals surface area contributed by atoms with Gasteiger partial charge in [-0.2, -0.15) is 0 Å². The summed E-state index contributed by atoms with van der Waals surface area (Å²) in [6, 6.07) is 3.93. The number of aliphatic carboxylic acids is 1. The summed E-state index contributed by atoms with van der Waals surface area (Å²) in [7, 11) is -4.00. The van der Waals surface area contributed by atoms with Crippen LogP contribution >= 0.6 is 23.2 Å². The van der Waals surface area contributed by atoms with Crippen LogP contribution in [0.5, 0.6) is 0 Å². The van der Waals surface area contributed by atoms with Crippen molar-refractivity contribution >= 4 is 39.2 Å². The molecule has 0 aliphatic carbocycles. The summed E-state index contributed by atoms with van der Waals surface area (Å²) in [4.78, 5) is 10.3. The number of rotatable bonds is 6. The maximum atomic E-state index is 12.0. The van der Waals surface area contributed by atoms with E-state index in [4.69, 9.17) is 28.3 Å². The highest BCUT2D eigenvalue weighted by Crippen LogP contribution is 2.25. The Balaban J connectivity index is 2.91. The molecule has 0 fully saturated rings. The molecule has 112 valence electrons. The van der Waals surface area contributed by atoms with Crippen molar-refractivity contribution in [1.29, 1.82) is 0 Å². The van der Waals surface area contributed by atoms with Crippen LogP contribution in [0.25, 0.3) is 0 Å². The summed E-state index contributed by atoms with van der Waals surface area (Å²) >= 11 is 11.5. The molecule has 0 heterocycles. The van der Waals surface area contributed by atoms with E-state index in [9.17, 15) is 18.3 Å². The number of nitrogens with one attached hydrogen (secondary N) is 1. The van der Waals surface area contributed by atoms with Gasteiger partial charge in [0, 0.05) is 11.6 Å². The van der Waals surface area contributed by atoms with Crippen molar-refractivity contribution in [1.82, 2.24) is 4.72 Å². The summed E-state index contributed by atoms with van der Waals surface area (Å²) in [5, 5.41) is 18.5. The summed E-state index contributed by atoms with van der Waals surface area (Å²) in [6.45, 7) is 0.744. The van der Waals surface area contributed by atoms with E-state index in [1.807, 2.05) is 0 Å². The van der Waals surface area contributed by atoms with Crippen molar-refractivity contribution in [3.8, 4) is 0 Å². The van der Waals surface area contributed by atoms with Gasteiger partial charge in [0.25, 0.3) is 0 Å². The number of sulfonamides is 1. The van der Waals surface area contributed by atoms with Gasteiger partial charge in [-0.25, -0.2) is 13.1 Å². The Morgan fingerprint density at radius 2 is 2.00 bits per heavy atom. The first kappa shape index (κ1) is 17.2. The number of aliphatic hydroxyl groups is 1. The molecule has 20 heavy (non-hydrogen) atoms. The molecule has 0 aliphatic rings. The number of hydrogen-bond donors (Lipinski definition) is 3. The third-order valence-electron chi connectivity index (χ3n) is 2.36. The lowest BCUT2D eigenvalue weighted by Crippen LogP contribution is -2.42. The topological polar surface area (TPSA) is 104 Å². The van der Waals surface area contributed by atoms with Crippen LogP contribution in [0.3, 0.4) is 0 Å². The molecule has 6 nitrogen and oxygen atoms in total. The fourth-order valence-electron chi connectivity index (χ4n) is 1.40. The van der Waals surface area contributed by atoms with Crippen molar-refractivity contribution in [3.05, 3.63) is 28.2 Å². The van der Waals surface area contributed by atoms with Gasteiger partial charge in [-0.15, -0.1) is 0 Å². The van der Waals surface area contributed by atoms with E-state index in [-0.39, 0.29) is 14.9 Å². The largest absolute Gasteiger partial charge is 0.481 e. The molecule has 0 bridgehead atoms. The van der Waals surface area contributed by atoms with E-state index in [0.717, 1.165) is 6.07 Å². The fourth-order valence-corrected chi connectivity index (χ4v) is 3.32. The van der Waals surface area contributed by atoms with E-state index < -0.39 is 34.6 Å². The van der Waals surface area contributed by atoms with Gasteiger partial charge in [0.05, 0.1) is 17.0 Å². The second kappa shape index (κ2) is 6.28. The summed E-state index contributed by atoms with van der Waals surface area (Å²) in [6.07, 6.45) is -0.598. The number of halogens is 2. The minimum atomic E-state index is -4.00. The molecule has 1 rings (SSSR count). The Kier molecular flexibility index (Phi) is 5.39. The number of hydrogen-bond acceptors (Lipinski definition) is 4. The molecular formula is C11H13Cl2NO5S. The van der Waals surface area contributed by atoms with Crippen molar-refractivity contribution in [2.45, 2.75) is 23.8 Å². The summed E-state index contributed by atoms with van der Waals surface area (Å²) in [5.74, 6) is -1.24. The van der Waals surface area contributed by atoms with Crippen LogP contribution < -0.4 is 4.72 Å². The van der Waals surface area contributed by atoms with Crippen LogP contribution in [0, 0.1) is 0 Å². The fraction of sp³-hybridized carbons (Fsp3) is 0.364. The summed E-state index contributed by atoms with van der Waals surface area (Å²) < 4.78 is 26.2. The van der Waals surface area contributed by atoms with E-state index in [1.54, 1.807) is 0 Å². The minimum Gasteiger partial charge on any atom is -0.481 e. The maximum Gasteiger partial charge on any atom is 0.306 e. The van der Waals surface area contributed by atoms with Crippen LogP contribution in [0.15, 0.2) is 23.1 Å². The SMILES string of the molecule is CC(O)(CNS(=O)(=O)c1cc(Cl)ccc1Cl)CC(=O)O. The van der Waals surface area contributed by atoms with Crippen LogP contribution in [0.4, 0.5) is 0 Å². The molecule has 0 spiro atoms. The van der Waals surface area contributed by atoms with E-state index >= 15 is 0 Å². The monoisotopic (exact) mass is 341 g/mol. The second-order valence-corrected chi connectivity index (χ2v) is 7.05. The van der Waals surface area contributed by atoms with Gasteiger partial charge in [0.15, 0.2) is 0 Å². The molecule has 0 aliphatic heterocycles. The zero-order valence-electron chi connectivity index (χ0n) is 10.4. The van der Waals surface area contributed by atoms with Crippen molar-refractivity contribution in [2.24, 2.45) is 0 Å². The maximum absolute atomic E-state index is 12.0. The van der Waals surface area contributed by atoms with E-state index in [1.165, 1.54) is 19.1 Å². The van der Waals surface area contributed by atoms with Crippen LogP contribution in [0.2, 0.25) is 10.0 Å². The number of benzene rings is 1. The lowest BCUT2D eigenvalue weighted by atomic mass is 10.0. The number of carboxylic acids is 1. The highest BCUT2D eigenvalue weighted by Gasteiger charge is 2.27. The zero-order valence-corrected chi connectivity index (χ0v) is 12.8. The number of carbonyl (C=O) groups is 1. The van der Waals surface area contributed by atoms with Gasteiger partial charge in [-0.05, 0) is 25.1 Å². The van der Waals surface area contributed by atoms with Gasteiger partial charge in [0.2, 0.25) is 10.0 Å².